The molecule has 1 N–H and O–H groups in total. The average molecular weight is 288 g/mol. The van der Waals surface area contributed by atoms with Crippen LogP contribution in [0.15, 0.2) is 58.8 Å². The van der Waals surface area contributed by atoms with Gasteiger partial charge in [0.25, 0.3) is 0 Å². The third-order valence-corrected chi connectivity index (χ3v) is 4.29. The Morgan fingerprint density at radius 3 is 2.70 bits per heavy atom. The minimum Gasteiger partial charge on any atom is -0.324 e. The number of rotatable bonds is 5. The summed E-state index contributed by atoms with van der Waals surface area (Å²) < 4.78 is 17.2. The van der Waals surface area contributed by atoms with Gasteiger partial charge in [0.05, 0.1) is 24.1 Å². The van der Waals surface area contributed by atoms with Crippen LogP contribution in [0.4, 0.5) is 11.4 Å². The zero-order valence-corrected chi connectivity index (χ0v) is 11.5. The van der Waals surface area contributed by atoms with Crippen LogP contribution in [0.25, 0.3) is 0 Å². The SMILES string of the molecule is O=P(O)(Cc1ccccc1)OCc1ccc2cc1N=N2. The van der Waals surface area contributed by atoms with Crippen LogP contribution in [0.1, 0.15) is 11.1 Å². The van der Waals surface area contributed by atoms with Crippen LogP contribution in [0.3, 0.4) is 0 Å². The summed E-state index contributed by atoms with van der Waals surface area (Å²) in [6.07, 6.45) is 0.00275. The third kappa shape index (κ3) is 3.02. The van der Waals surface area contributed by atoms with Crippen LogP contribution in [0.5, 0.6) is 0 Å². The summed E-state index contributed by atoms with van der Waals surface area (Å²) in [6.45, 7) is 0.0508. The number of nitrogens with zero attached hydrogens (tertiary/aromatic N) is 2. The molecular weight excluding hydrogens is 275 g/mol. The van der Waals surface area contributed by atoms with Crippen molar-refractivity contribution in [2.75, 3.05) is 0 Å². The fourth-order valence-electron chi connectivity index (χ4n) is 1.97. The molecule has 1 atom stereocenters. The monoisotopic (exact) mass is 288 g/mol. The summed E-state index contributed by atoms with van der Waals surface area (Å²) >= 11 is 0. The molecule has 3 rings (SSSR count). The predicted octanol–water partition coefficient (Wildman–Crippen LogP) is 4.32. The highest BCUT2D eigenvalue weighted by molar-refractivity contribution is 7.51. The molecule has 2 bridgehead atoms. The average Bonchev–Trinajstić information content (AvgIpc) is 2.81. The number of benzene rings is 2. The van der Waals surface area contributed by atoms with Gasteiger partial charge in [-0.1, -0.05) is 36.4 Å². The van der Waals surface area contributed by atoms with Crippen molar-refractivity contribution >= 4 is 19.0 Å². The van der Waals surface area contributed by atoms with E-state index in [-0.39, 0.29) is 12.8 Å². The van der Waals surface area contributed by atoms with Crippen LogP contribution in [0.2, 0.25) is 0 Å². The molecule has 0 aromatic heterocycles. The molecular formula is C14H13N2O3P. The minimum atomic E-state index is -3.67. The summed E-state index contributed by atoms with van der Waals surface area (Å²) in [6, 6.07) is 14.6. The van der Waals surface area contributed by atoms with Crippen LogP contribution >= 0.6 is 7.60 Å². The molecule has 5 nitrogen and oxygen atoms in total. The van der Waals surface area contributed by atoms with E-state index < -0.39 is 7.60 Å². The van der Waals surface area contributed by atoms with E-state index in [1.807, 2.05) is 30.3 Å². The number of azo groups is 1. The first-order valence-corrected chi connectivity index (χ1v) is 7.94. The highest BCUT2D eigenvalue weighted by Gasteiger charge is 2.21. The van der Waals surface area contributed by atoms with Crippen molar-refractivity contribution < 1.29 is 14.0 Å². The number of hydrogen-bond acceptors (Lipinski definition) is 4. The van der Waals surface area contributed by atoms with Crippen molar-refractivity contribution in [1.29, 1.82) is 0 Å². The predicted molar refractivity (Wildman–Crippen MR) is 75.4 cm³/mol. The second kappa shape index (κ2) is 5.29. The summed E-state index contributed by atoms with van der Waals surface area (Å²) in [5.74, 6) is 0. The van der Waals surface area contributed by atoms with E-state index in [1.54, 1.807) is 18.2 Å². The summed E-state index contributed by atoms with van der Waals surface area (Å²) in [5, 5.41) is 7.88. The van der Waals surface area contributed by atoms with Crippen molar-refractivity contribution in [2.24, 2.45) is 10.2 Å². The molecule has 2 aromatic carbocycles. The van der Waals surface area contributed by atoms with Gasteiger partial charge in [0.15, 0.2) is 0 Å². The molecule has 0 spiro atoms. The highest BCUT2D eigenvalue weighted by atomic mass is 31.2. The lowest BCUT2D eigenvalue weighted by Crippen LogP contribution is -1.95. The van der Waals surface area contributed by atoms with Crippen molar-refractivity contribution in [2.45, 2.75) is 12.8 Å². The molecule has 102 valence electrons. The Balaban J connectivity index is 1.66. The normalized spacial score (nSPS) is 15.2. The van der Waals surface area contributed by atoms with Gasteiger partial charge in [0.2, 0.25) is 0 Å². The molecule has 20 heavy (non-hydrogen) atoms. The lowest BCUT2D eigenvalue weighted by molar-refractivity contribution is 0.249. The Labute approximate surface area is 116 Å². The quantitative estimate of drug-likeness (QED) is 0.711. The van der Waals surface area contributed by atoms with Gasteiger partial charge in [-0.05, 0) is 17.7 Å². The zero-order valence-electron chi connectivity index (χ0n) is 10.6. The maximum atomic E-state index is 12.0. The first kappa shape index (κ1) is 13.2. The van der Waals surface area contributed by atoms with E-state index in [9.17, 15) is 9.46 Å². The second-order valence-electron chi connectivity index (χ2n) is 4.57. The number of hydrogen-bond donors (Lipinski definition) is 1. The lowest BCUT2D eigenvalue weighted by atomic mass is 10.2. The molecule has 1 aliphatic rings. The van der Waals surface area contributed by atoms with Crippen molar-refractivity contribution in [3.8, 4) is 0 Å². The zero-order chi connectivity index (χ0) is 14.0. The van der Waals surface area contributed by atoms with E-state index in [4.69, 9.17) is 4.52 Å². The first-order chi connectivity index (χ1) is 9.62. The Kier molecular flexibility index (Phi) is 3.49. The Morgan fingerprint density at radius 1 is 1.10 bits per heavy atom. The fraction of sp³-hybridized carbons (Fsp3) is 0.143. The number of fused-ring (bicyclic) bond motifs is 2. The largest absolute Gasteiger partial charge is 0.332 e. The highest BCUT2D eigenvalue weighted by Crippen LogP contribution is 2.47. The van der Waals surface area contributed by atoms with Crippen LogP contribution in [-0.4, -0.2) is 4.89 Å². The maximum absolute atomic E-state index is 12.0. The maximum Gasteiger partial charge on any atom is 0.332 e. The van der Waals surface area contributed by atoms with E-state index >= 15 is 0 Å². The van der Waals surface area contributed by atoms with E-state index in [0.29, 0.717) is 5.69 Å². The molecule has 0 aliphatic carbocycles. The molecule has 0 fully saturated rings. The van der Waals surface area contributed by atoms with Gasteiger partial charge in [0.1, 0.15) is 0 Å². The Bertz CT molecular complexity index is 701. The van der Waals surface area contributed by atoms with Gasteiger partial charge in [-0.15, -0.1) is 0 Å². The van der Waals surface area contributed by atoms with Crippen molar-refractivity contribution in [1.82, 2.24) is 0 Å². The molecule has 0 saturated carbocycles. The topological polar surface area (TPSA) is 71.2 Å². The van der Waals surface area contributed by atoms with Crippen molar-refractivity contribution in [3.05, 3.63) is 59.7 Å². The van der Waals surface area contributed by atoms with Gasteiger partial charge in [-0.2, -0.15) is 10.2 Å². The molecule has 6 heteroatoms. The molecule has 1 aliphatic heterocycles. The Morgan fingerprint density at radius 2 is 1.90 bits per heavy atom. The van der Waals surface area contributed by atoms with E-state index in [2.05, 4.69) is 10.2 Å². The Hall–Kier alpha value is -1.81. The fourth-order valence-corrected chi connectivity index (χ4v) is 3.08. The van der Waals surface area contributed by atoms with Crippen molar-refractivity contribution in [3.63, 3.8) is 0 Å². The second-order valence-corrected chi connectivity index (χ2v) is 6.42. The summed E-state index contributed by atoms with van der Waals surface area (Å²) in [7, 11) is -3.67. The van der Waals surface area contributed by atoms with E-state index in [1.165, 1.54) is 0 Å². The van der Waals surface area contributed by atoms with Gasteiger partial charge in [0, 0.05) is 5.56 Å². The van der Waals surface area contributed by atoms with Gasteiger partial charge in [-0.3, -0.25) is 4.57 Å². The van der Waals surface area contributed by atoms with Gasteiger partial charge in [-0.25, -0.2) is 0 Å². The summed E-state index contributed by atoms with van der Waals surface area (Å²) in [4.78, 5) is 9.89. The van der Waals surface area contributed by atoms with E-state index in [0.717, 1.165) is 16.8 Å². The van der Waals surface area contributed by atoms with Gasteiger partial charge < -0.3 is 9.42 Å². The third-order valence-electron chi connectivity index (χ3n) is 2.99. The molecule has 0 radical (unpaired) electrons. The van der Waals surface area contributed by atoms with Gasteiger partial charge >= 0.3 is 7.60 Å². The first-order valence-electron chi connectivity index (χ1n) is 6.17. The molecule has 1 heterocycles. The van der Waals surface area contributed by atoms with Crippen LogP contribution < -0.4 is 0 Å². The summed E-state index contributed by atoms with van der Waals surface area (Å²) in [5.41, 5.74) is 3.03. The smallest absolute Gasteiger partial charge is 0.324 e. The molecule has 0 saturated heterocycles. The molecule has 1 unspecified atom stereocenters. The lowest BCUT2D eigenvalue weighted by Gasteiger charge is -2.12. The minimum absolute atomic E-state index is 0.00275. The standard InChI is InChI=1S/C14H13N2O3P/c17-20(18,10-11-4-2-1-3-5-11)19-9-12-6-7-13-8-14(12)16-15-13/h1-8H,9-10H2,(H,17,18). The molecule has 0 amide bonds. The van der Waals surface area contributed by atoms with Crippen LogP contribution in [0, 0.1) is 0 Å². The molecule has 2 aromatic rings. The van der Waals surface area contributed by atoms with Crippen LogP contribution in [-0.2, 0) is 21.9 Å².